The van der Waals surface area contributed by atoms with Crippen molar-refractivity contribution in [2.45, 2.75) is 314 Å². The van der Waals surface area contributed by atoms with Crippen molar-refractivity contribution >= 4 is 133 Å². The second kappa shape index (κ2) is 47.3. The van der Waals surface area contributed by atoms with Crippen LogP contribution in [-0.4, -0.2) is 235 Å². The number of nitrogens with zero attached hydrogens (tertiary/aromatic N) is 6. The minimum Gasteiger partial charge on any atom is -0.472 e. The molecule has 9 heterocycles. The van der Waals surface area contributed by atoms with Crippen LogP contribution in [-0.2, 0) is 116 Å². The Bertz CT molecular complexity index is 6350. The first-order valence-corrected chi connectivity index (χ1v) is 57.7. The molecule has 6 aromatic rings. The monoisotopic (exact) mass is 2080 g/mol. The lowest BCUT2D eigenvalue weighted by Gasteiger charge is -2.35. The average Bonchev–Trinajstić information content (AvgIpc) is 1.44. The Morgan fingerprint density at radius 1 is 0.476 bits per heavy atom. The van der Waals surface area contributed by atoms with E-state index in [1.54, 1.807) is 57.6 Å². The number of benzene rings is 3. The average molecular weight is 2080 g/mol. The second-order valence-corrected chi connectivity index (χ2v) is 51.2. The van der Waals surface area contributed by atoms with Gasteiger partial charge in [-0.15, -0.1) is 19.7 Å². The molecule has 32 nitrogen and oxygen atoms in total. The van der Waals surface area contributed by atoms with Crippen LogP contribution in [0.5, 0.6) is 17.6 Å². The number of fused-ring (bicyclic) bond motifs is 9. The van der Waals surface area contributed by atoms with Gasteiger partial charge in [-0.25, -0.2) is 45.0 Å². The Balaban J connectivity index is 0.000000174. The Hall–Kier alpha value is -11.2. The third-order valence-corrected chi connectivity index (χ3v) is 37.2. The van der Waals surface area contributed by atoms with Gasteiger partial charge in [0, 0.05) is 102 Å². The minimum absolute atomic E-state index is 0.0381. The number of carbonyl (C=O) groups excluding carboxylic acids is 12. The van der Waals surface area contributed by atoms with Crippen molar-refractivity contribution in [2.24, 2.45) is 51.2 Å². The Kier molecular flexibility index (Phi) is 35.9. The van der Waals surface area contributed by atoms with Crippen molar-refractivity contribution in [3.8, 4) is 17.6 Å². The lowest BCUT2D eigenvalue weighted by Crippen LogP contribution is -2.57. The number of carbonyl (C=O) groups is 12. The fourth-order valence-electron chi connectivity index (χ4n) is 21.6. The van der Waals surface area contributed by atoms with E-state index in [4.69, 9.17) is 28.4 Å². The first-order valence-electron chi connectivity index (χ1n) is 52.7. The zero-order valence-electron chi connectivity index (χ0n) is 86.5. The smallest absolute Gasteiger partial charge is 0.407 e. The van der Waals surface area contributed by atoms with Gasteiger partial charge in [0.05, 0.1) is 85.8 Å². The summed E-state index contributed by atoms with van der Waals surface area (Å²) in [4.78, 5) is 183. The maximum absolute atomic E-state index is 14.4. The molecule has 147 heavy (non-hydrogen) atoms. The number of alkyl carbamates (subject to hydrolysis) is 1. The Morgan fingerprint density at radius 3 is 1.20 bits per heavy atom. The number of Topliss-reactive ketones (excluding diaryl/α,β-unsaturated/α-hetero) is 5. The van der Waals surface area contributed by atoms with Crippen LogP contribution < -0.4 is 24.2 Å². The standard InChI is InChI=1S/C39H52N2O8S.C37H48N2O8S.C36H46N4O8S/c1-6-8-13-28-20-35(44)48-18-11-9-10-12-26-14-15-27-16-17-40-36(31(27)19-26)49-30-21-32(41(24-30)37(28)45)33(42)23-39(22-29(39)7-2)34(43)25-50(46,47)38(3,4)5;1-4-7-12-27-19-34(42)46-17-10-8-9-11-25-13-14-26-15-16-38-35(30(26)18-25)47-29-20-31(39(23-29)36(27)43)32(40)22-37(21-28(37)5-2)33(41)24-48(44,45)6-3;1-5-24-19-36(24,33(43)39-49(45,46)26-12-13-26)20-29(41)28-18-25-21-40(28)32(42)30(35(2,3)4)38-34(44)47-16-8-6-7-9-22-10-11-23-14-15-37-31(48-25)27(23)17-22/h7,14-17,19,28-30,32H,2,6,8-13,18,20-25H2,1,3-5H3;5,13-16,18,27-29,31H,2,4,6-12,17,19-24H2,1,3H3;5,10-11,14-15,17,24-26,28,30H,1,6-9,12-13,16,18-21H2,2-4H3,(H,38,44)(H,39,43)/t28-,29?,30-,32+,39-;27-,28?,29-,31+,37-;24-,25-,28+,30-,36-/m111/s1. The predicted octanol–water partition coefficient (Wildman–Crippen LogP) is 15.4. The van der Waals surface area contributed by atoms with Gasteiger partial charge in [0.2, 0.25) is 51.3 Å². The number of amides is 5. The number of hydrogen-bond acceptors (Lipinski definition) is 27. The number of hydrogen-bond donors (Lipinski definition) is 2. The lowest BCUT2D eigenvalue weighted by atomic mass is 9.85. The summed E-state index contributed by atoms with van der Waals surface area (Å²) < 4.78 is 113. The molecular weight excluding hydrogens is 1940 g/mol. The van der Waals surface area contributed by atoms with Crippen LogP contribution in [0.1, 0.15) is 259 Å². The number of pyridine rings is 3. The van der Waals surface area contributed by atoms with E-state index in [9.17, 15) is 82.8 Å². The summed E-state index contributed by atoms with van der Waals surface area (Å²) in [6, 6.07) is 20.4. The molecule has 7 fully saturated rings. The number of sulfone groups is 2. The van der Waals surface area contributed by atoms with Gasteiger partial charge >= 0.3 is 18.0 Å². The van der Waals surface area contributed by atoms with Crippen molar-refractivity contribution in [3.05, 3.63) is 146 Å². The lowest BCUT2D eigenvalue weighted by molar-refractivity contribution is -0.150. The number of ether oxygens (including phenoxy) is 6. The highest BCUT2D eigenvalue weighted by molar-refractivity contribution is 7.93. The number of ketones is 5. The van der Waals surface area contributed by atoms with E-state index in [0.29, 0.717) is 62.6 Å². The van der Waals surface area contributed by atoms with Crippen LogP contribution in [0.2, 0.25) is 0 Å². The van der Waals surface area contributed by atoms with Gasteiger partial charge in [-0.05, 0) is 235 Å². The zero-order valence-corrected chi connectivity index (χ0v) is 89.0. The molecule has 2 N–H and O–H groups in total. The van der Waals surface area contributed by atoms with Crippen LogP contribution >= 0.6 is 0 Å². The normalized spacial score (nSPS) is 27.1. The fraction of sp³-hybridized carbons (Fsp3) is 0.598. The first kappa shape index (κ1) is 111. The molecular formula is C112H146N8O24S3. The highest BCUT2D eigenvalue weighted by Gasteiger charge is 2.65. The molecule has 4 aliphatic carbocycles. The van der Waals surface area contributed by atoms with E-state index in [2.05, 4.69) is 81.1 Å². The maximum atomic E-state index is 14.4. The molecule has 0 radical (unpaired) electrons. The number of nitrogens with one attached hydrogen (secondary N) is 2. The summed E-state index contributed by atoms with van der Waals surface area (Å²) in [6.07, 6.45) is 23.0. The van der Waals surface area contributed by atoms with E-state index in [1.807, 2.05) is 71.0 Å². The molecule has 10 aliphatic rings. The molecule has 2 unspecified atom stereocenters. The number of rotatable bonds is 28. The third-order valence-electron chi connectivity index (χ3n) is 31.3. The molecule has 3 saturated heterocycles. The van der Waals surface area contributed by atoms with E-state index in [-0.39, 0.29) is 144 Å². The van der Waals surface area contributed by atoms with Crippen LogP contribution in [0.15, 0.2) is 129 Å². The summed E-state index contributed by atoms with van der Waals surface area (Å²) in [7, 11) is -11.2. The highest BCUT2D eigenvalue weighted by Crippen LogP contribution is 2.60. The van der Waals surface area contributed by atoms with Gasteiger partial charge in [0.25, 0.3) is 0 Å². The molecule has 16 rings (SSSR count). The first-order chi connectivity index (χ1) is 69.9. The quantitative estimate of drug-likeness (QED) is 0.0262. The molecule has 12 bridgehead atoms. The Labute approximate surface area is 863 Å². The highest BCUT2D eigenvalue weighted by atomic mass is 32.2. The van der Waals surface area contributed by atoms with E-state index in [1.165, 1.54) is 21.6 Å². The van der Waals surface area contributed by atoms with Gasteiger partial charge < -0.3 is 48.4 Å². The van der Waals surface area contributed by atoms with Crippen molar-refractivity contribution in [3.63, 3.8) is 0 Å². The van der Waals surface area contributed by atoms with Crippen molar-refractivity contribution in [2.75, 3.05) is 56.7 Å². The number of allylic oxidation sites excluding steroid dienone is 3. The third kappa shape index (κ3) is 27.0. The van der Waals surface area contributed by atoms with Gasteiger partial charge in [-0.3, -0.25) is 57.5 Å². The largest absolute Gasteiger partial charge is 0.472 e. The van der Waals surface area contributed by atoms with Crippen LogP contribution in [0.4, 0.5) is 4.79 Å². The molecule has 15 atom stereocenters. The SMILES string of the molecule is C=CC1C[C@]1(CC(=O)[C@@H]1C[C@@H]2CN1C(=O)[C@H](CCCC)CC(=O)OCCCCCc1ccc3ccnc(c3c1)O2)C(=O)CS(=O)(=O)C(C)(C)C.C=CC1C[C@]1(CC(=O)[C@@H]1C[C@@H]2CN1C(=O)[C@H](CCCC)CC(=O)OCCCCCc1ccc3ccnc(c3c1)O2)C(=O)CS(=O)(=O)CC.C=C[C@@H]1C[C@]1(CC(=O)[C@@H]1C[C@@H]2CN1C(=O)[C@H](C(C)(C)C)NC(=O)OCCCCCc1ccc3ccnc(c3c1)O2)C(=O)NS(=O)(=O)C1CC1. The van der Waals surface area contributed by atoms with E-state index in [0.717, 1.165) is 145 Å². The van der Waals surface area contributed by atoms with Gasteiger partial charge in [-0.1, -0.05) is 122 Å². The number of aryl methyl sites for hydroxylation is 3. The van der Waals surface area contributed by atoms with E-state index < -0.39 is 174 Å². The minimum atomic E-state index is -3.84. The predicted molar refractivity (Wildman–Crippen MR) is 555 cm³/mol. The molecule has 5 amide bonds. The fourth-order valence-corrected chi connectivity index (χ4v) is 24.9. The summed E-state index contributed by atoms with van der Waals surface area (Å²) in [5.41, 5.74) is -0.985. The summed E-state index contributed by atoms with van der Waals surface area (Å²) in [6.45, 7) is 28.1. The molecule has 0 spiro atoms. The second-order valence-electron chi connectivity index (χ2n) is 44.1. The van der Waals surface area contributed by atoms with Gasteiger partial charge in [0.15, 0.2) is 48.6 Å². The van der Waals surface area contributed by atoms with Crippen LogP contribution in [0, 0.1) is 51.2 Å². The van der Waals surface area contributed by atoms with Crippen molar-refractivity contribution in [1.82, 2.24) is 39.7 Å². The van der Waals surface area contributed by atoms with Crippen LogP contribution in [0.25, 0.3) is 32.3 Å². The number of sulfonamides is 1. The number of unbranched alkanes of at least 4 members (excludes halogenated alkanes) is 2. The summed E-state index contributed by atoms with van der Waals surface area (Å²) in [5.74, 6) is -7.32. The Morgan fingerprint density at radius 2 is 0.844 bits per heavy atom. The summed E-state index contributed by atoms with van der Waals surface area (Å²) >= 11 is 0. The molecule has 796 valence electrons. The van der Waals surface area contributed by atoms with Gasteiger partial charge in [-0.2, -0.15) is 0 Å². The topological polar surface area (TPSA) is 435 Å². The van der Waals surface area contributed by atoms with E-state index >= 15 is 0 Å². The van der Waals surface area contributed by atoms with Crippen LogP contribution in [0.3, 0.4) is 0 Å². The number of aromatic nitrogens is 3. The van der Waals surface area contributed by atoms with Crippen molar-refractivity contribution < 1.29 is 111 Å². The number of cyclic esters (lactones) is 3. The molecule has 35 heteroatoms. The maximum Gasteiger partial charge on any atom is 0.407 e. The molecule has 6 aliphatic heterocycles. The van der Waals surface area contributed by atoms with Crippen molar-refractivity contribution in [1.29, 1.82) is 0 Å². The molecule has 3 aromatic heterocycles. The molecule has 4 saturated carbocycles. The molecule has 3 aromatic carbocycles. The number of esters is 2. The summed E-state index contributed by atoms with van der Waals surface area (Å²) in [5, 5.41) is 7.57. The zero-order chi connectivity index (χ0) is 106. The van der Waals surface area contributed by atoms with Gasteiger partial charge in [0.1, 0.15) is 35.9 Å².